The minimum atomic E-state index is -0.524. The Morgan fingerprint density at radius 3 is 2.38 bits per heavy atom. The van der Waals surface area contributed by atoms with Crippen molar-refractivity contribution >= 4 is 11.9 Å². The Kier molecular flexibility index (Phi) is 3.94. The maximum absolute atomic E-state index is 11.6. The van der Waals surface area contributed by atoms with Gasteiger partial charge in [0.15, 0.2) is 5.78 Å². The number of nitrogens with one attached hydrogen (secondary N) is 1. The summed E-state index contributed by atoms with van der Waals surface area (Å²) in [6.07, 6.45) is 2.34. The number of carbonyl (C=O) groups excluding carboxylic acids is 2. The molecule has 0 radical (unpaired) electrons. The van der Waals surface area contributed by atoms with Crippen molar-refractivity contribution in [2.45, 2.75) is 58.6 Å². The second kappa shape index (κ2) is 4.85. The van der Waals surface area contributed by atoms with E-state index < -0.39 is 17.7 Å². The fourth-order valence-electron chi connectivity index (χ4n) is 1.35. The molecule has 92 valence electrons. The van der Waals surface area contributed by atoms with Gasteiger partial charge in [-0.25, -0.2) is 4.79 Å². The zero-order valence-electron chi connectivity index (χ0n) is 10.5. The molecule has 1 N–H and O–H groups in total. The van der Waals surface area contributed by atoms with E-state index in [-0.39, 0.29) is 5.78 Å². The number of ether oxygens (including phenoxy) is 1. The van der Waals surface area contributed by atoms with Gasteiger partial charge in [0, 0.05) is 6.42 Å². The van der Waals surface area contributed by atoms with Crippen molar-refractivity contribution in [2.24, 2.45) is 5.92 Å². The van der Waals surface area contributed by atoms with E-state index in [0.29, 0.717) is 12.3 Å². The summed E-state index contributed by atoms with van der Waals surface area (Å²) in [5.74, 6) is 0.642. The number of alkyl carbamates (subject to hydrolysis) is 1. The first kappa shape index (κ1) is 13.0. The summed E-state index contributed by atoms with van der Waals surface area (Å²) in [7, 11) is 0. The Labute approximate surface area is 96.7 Å². The lowest BCUT2D eigenvalue weighted by Crippen LogP contribution is -2.41. The average molecular weight is 227 g/mol. The molecule has 0 unspecified atom stereocenters. The molecule has 0 aliphatic heterocycles. The molecular weight excluding hydrogens is 206 g/mol. The maximum Gasteiger partial charge on any atom is 0.408 e. The monoisotopic (exact) mass is 227 g/mol. The highest BCUT2D eigenvalue weighted by Crippen LogP contribution is 2.32. The van der Waals surface area contributed by atoms with Crippen LogP contribution < -0.4 is 5.32 Å². The molecule has 1 fully saturated rings. The highest BCUT2D eigenvalue weighted by molar-refractivity contribution is 5.87. The number of hydrogen-bond acceptors (Lipinski definition) is 3. The van der Waals surface area contributed by atoms with Gasteiger partial charge in [0.1, 0.15) is 5.60 Å². The lowest BCUT2D eigenvalue weighted by molar-refractivity contribution is -0.121. The van der Waals surface area contributed by atoms with E-state index in [4.69, 9.17) is 4.74 Å². The SMILES string of the molecule is C[C@@H](NC(=O)OC(C)(C)C)C(=O)CC1CC1. The molecule has 1 atom stereocenters. The van der Waals surface area contributed by atoms with Crippen molar-refractivity contribution in [3.63, 3.8) is 0 Å². The molecule has 0 aromatic carbocycles. The number of hydrogen-bond donors (Lipinski definition) is 1. The predicted molar refractivity (Wildman–Crippen MR) is 61.2 cm³/mol. The molecule has 1 aliphatic carbocycles. The standard InChI is InChI=1S/C12H21NO3/c1-8(10(14)7-9-5-6-9)13-11(15)16-12(2,3)4/h8-9H,5-7H2,1-4H3,(H,13,15)/t8-/m1/s1. The van der Waals surface area contributed by atoms with Crippen molar-refractivity contribution in [2.75, 3.05) is 0 Å². The summed E-state index contributed by atoms with van der Waals surface area (Å²) in [4.78, 5) is 23.0. The molecule has 0 bridgehead atoms. The highest BCUT2D eigenvalue weighted by atomic mass is 16.6. The number of carbonyl (C=O) groups is 2. The van der Waals surface area contributed by atoms with E-state index in [2.05, 4.69) is 5.32 Å². The summed E-state index contributed by atoms with van der Waals surface area (Å²) in [6.45, 7) is 7.09. The van der Waals surface area contributed by atoms with Crippen molar-refractivity contribution in [1.82, 2.24) is 5.32 Å². The van der Waals surface area contributed by atoms with Crippen molar-refractivity contribution < 1.29 is 14.3 Å². The Morgan fingerprint density at radius 1 is 1.38 bits per heavy atom. The summed E-state index contributed by atoms with van der Waals surface area (Å²) < 4.78 is 5.08. The maximum atomic E-state index is 11.6. The first-order chi connectivity index (χ1) is 7.28. The number of amides is 1. The van der Waals surface area contributed by atoms with Gasteiger partial charge in [-0.3, -0.25) is 4.79 Å². The van der Waals surface area contributed by atoms with E-state index in [1.54, 1.807) is 27.7 Å². The van der Waals surface area contributed by atoms with E-state index in [1.165, 1.54) is 0 Å². The van der Waals surface area contributed by atoms with Gasteiger partial charge < -0.3 is 10.1 Å². The smallest absolute Gasteiger partial charge is 0.408 e. The van der Waals surface area contributed by atoms with Crippen LogP contribution in [0.5, 0.6) is 0 Å². The molecule has 4 nitrogen and oxygen atoms in total. The molecule has 1 saturated carbocycles. The van der Waals surface area contributed by atoms with Crippen LogP contribution in [0.25, 0.3) is 0 Å². The Balaban J connectivity index is 2.29. The molecule has 0 heterocycles. The Hall–Kier alpha value is -1.06. The zero-order valence-corrected chi connectivity index (χ0v) is 10.5. The second-order valence-electron chi connectivity index (χ2n) is 5.48. The minimum absolute atomic E-state index is 0.0911. The van der Waals surface area contributed by atoms with Gasteiger partial charge in [-0.05, 0) is 46.5 Å². The van der Waals surface area contributed by atoms with Crippen LogP contribution in [-0.2, 0) is 9.53 Å². The van der Waals surface area contributed by atoms with Gasteiger partial charge >= 0.3 is 6.09 Å². The minimum Gasteiger partial charge on any atom is -0.444 e. The average Bonchev–Trinajstić information content (AvgIpc) is 2.83. The molecule has 4 heteroatoms. The number of ketones is 1. The fraction of sp³-hybridized carbons (Fsp3) is 0.833. The summed E-state index contributed by atoms with van der Waals surface area (Å²) in [5, 5.41) is 2.56. The third-order valence-electron chi connectivity index (χ3n) is 2.40. The molecule has 0 spiro atoms. The fourth-order valence-corrected chi connectivity index (χ4v) is 1.35. The van der Waals surface area contributed by atoms with Crippen LogP contribution in [0.3, 0.4) is 0 Å². The van der Waals surface area contributed by atoms with E-state index in [0.717, 1.165) is 12.8 Å². The van der Waals surface area contributed by atoms with Crippen LogP contribution in [0.2, 0.25) is 0 Å². The third-order valence-corrected chi connectivity index (χ3v) is 2.40. The van der Waals surface area contributed by atoms with E-state index in [1.807, 2.05) is 0 Å². The Morgan fingerprint density at radius 2 is 1.94 bits per heavy atom. The van der Waals surface area contributed by atoms with Gasteiger partial charge in [0.2, 0.25) is 0 Å². The summed E-state index contributed by atoms with van der Waals surface area (Å²) in [6, 6.07) is -0.449. The molecule has 1 amide bonds. The number of rotatable bonds is 4. The lowest BCUT2D eigenvalue weighted by Gasteiger charge is -2.21. The molecule has 1 rings (SSSR count). The van der Waals surface area contributed by atoms with Gasteiger partial charge in [-0.15, -0.1) is 0 Å². The van der Waals surface area contributed by atoms with Crippen LogP contribution >= 0.6 is 0 Å². The third kappa shape index (κ3) is 5.14. The van der Waals surface area contributed by atoms with Crippen LogP contribution in [0.15, 0.2) is 0 Å². The van der Waals surface area contributed by atoms with E-state index >= 15 is 0 Å². The lowest BCUT2D eigenvalue weighted by atomic mass is 10.1. The normalized spacial score (nSPS) is 17.8. The van der Waals surface area contributed by atoms with Gasteiger partial charge in [-0.1, -0.05) is 0 Å². The quantitative estimate of drug-likeness (QED) is 0.801. The first-order valence-corrected chi connectivity index (χ1v) is 5.80. The van der Waals surface area contributed by atoms with Crippen LogP contribution in [0, 0.1) is 5.92 Å². The predicted octanol–water partition coefficient (Wildman–Crippen LogP) is 2.27. The summed E-state index contributed by atoms with van der Waals surface area (Å²) in [5.41, 5.74) is -0.524. The molecule has 16 heavy (non-hydrogen) atoms. The van der Waals surface area contributed by atoms with Crippen LogP contribution in [-0.4, -0.2) is 23.5 Å². The first-order valence-electron chi connectivity index (χ1n) is 5.80. The second-order valence-corrected chi connectivity index (χ2v) is 5.48. The summed E-state index contributed by atoms with van der Waals surface area (Å²) >= 11 is 0. The molecular formula is C12H21NO3. The molecule has 0 aromatic heterocycles. The Bertz CT molecular complexity index is 276. The topological polar surface area (TPSA) is 55.4 Å². The van der Waals surface area contributed by atoms with Gasteiger partial charge in [0.25, 0.3) is 0 Å². The molecule has 0 aromatic rings. The van der Waals surface area contributed by atoms with Crippen LogP contribution in [0.1, 0.15) is 47.0 Å². The molecule has 0 saturated heterocycles. The van der Waals surface area contributed by atoms with Gasteiger partial charge in [0.05, 0.1) is 6.04 Å². The van der Waals surface area contributed by atoms with Crippen molar-refractivity contribution in [3.8, 4) is 0 Å². The van der Waals surface area contributed by atoms with Crippen molar-refractivity contribution in [1.29, 1.82) is 0 Å². The van der Waals surface area contributed by atoms with Crippen molar-refractivity contribution in [3.05, 3.63) is 0 Å². The largest absolute Gasteiger partial charge is 0.444 e. The molecule has 1 aliphatic rings. The van der Waals surface area contributed by atoms with Gasteiger partial charge in [-0.2, -0.15) is 0 Å². The van der Waals surface area contributed by atoms with E-state index in [9.17, 15) is 9.59 Å². The van der Waals surface area contributed by atoms with Crippen LogP contribution in [0.4, 0.5) is 4.79 Å². The highest BCUT2D eigenvalue weighted by Gasteiger charge is 2.28. The number of Topliss-reactive ketones (excluding diaryl/α,β-unsaturated/α-hetero) is 1. The zero-order chi connectivity index (χ0) is 12.3.